The Labute approximate surface area is 107 Å². The van der Waals surface area contributed by atoms with Crippen molar-refractivity contribution >= 4 is 71.8 Å². The molecule has 0 unspecified atom stereocenters. The summed E-state index contributed by atoms with van der Waals surface area (Å²) in [6, 6.07) is 5.92. The van der Waals surface area contributed by atoms with E-state index in [-0.39, 0.29) is 0 Å². The molecule has 0 aliphatic rings. The molecule has 0 saturated heterocycles. The molecule has 0 aliphatic carbocycles. The van der Waals surface area contributed by atoms with Gasteiger partial charge in [0, 0.05) is 18.1 Å². The van der Waals surface area contributed by atoms with Gasteiger partial charge in [0.15, 0.2) is 0 Å². The number of thiophene rings is 1. The molecule has 0 aliphatic heterocycles. The smallest absolute Gasteiger partial charge is 0.423 e. The largest absolute Gasteiger partial charge is 0.500 e. The second-order valence-electron chi connectivity index (χ2n) is 2.77. The van der Waals surface area contributed by atoms with Gasteiger partial charge in [-0.3, -0.25) is 0 Å². The van der Waals surface area contributed by atoms with Crippen molar-refractivity contribution in [3.63, 3.8) is 0 Å². The van der Waals surface area contributed by atoms with E-state index in [0.717, 1.165) is 18.1 Å². The molecule has 0 atom stereocenters. The van der Waals surface area contributed by atoms with E-state index in [4.69, 9.17) is 10.0 Å². The summed E-state index contributed by atoms with van der Waals surface area (Å²) in [5.41, 5.74) is 0. The van der Waals surface area contributed by atoms with E-state index in [1.165, 1.54) is 11.3 Å². The van der Waals surface area contributed by atoms with E-state index >= 15 is 0 Å². The highest BCUT2D eigenvalue weighted by Crippen LogP contribution is 2.31. The van der Waals surface area contributed by atoms with Crippen LogP contribution in [0.4, 0.5) is 0 Å². The van der Waals surface area contributed by atoms with Crippen molar-refractivity contribution in [2.24, 2.45) is 0 Å². The fraction of sp³-hybridized carbons (Fsp3) is 0. The first kappa shape index (κ1) is 10.9. The molecule has 0 saturated carbocycles. The van der Waals surface area contributed by atoms with Crippen LogP contribution in [0.3, 0.4) is 0 Å². The average molecular weight is 383 g/mol. The van der Waals surface area contributed by atoms with Crippen LogP contribution in [-0.4, -0.2) is 17.2 Å². The minimum atomic E-state index is -1.41. The van der Waals surface area contributed by atoms with Gasteiger partial charge in [0.25, 0.3) is 0 Å². The zero-order valence-corrected chi connectivity index (χ0v) is 11.4. The molecule has 0 spiro atoms. The van der Waals surface area contributed by atoms with Gasteiger partial charge in [-0.05, 0) is 44.6 Å². The average Bonchev–Trinajstić information content (AvgIpc) is 2.46. The van der Waals surface area contributed by atoms with Crippen molar-refractivity contribution in [2.45, 2.75) is 0 Å². The Balaban J connectivity index is 2.80. The lowest BCUT2D eigenvalue weighted by molar-refractivity contribution is 0.426. The Hall–Kier alpha value is 0.375. The standard InChI is InChI=1S/C8H5BBrIO2S/c10-6-4-2-1-3-5(11)7(4)14-8(6)9(12)13/h1-3,12-13H. The maximum atomic E-state index is 9.13. The van der Waals surface area contributed by atoms with Gasteiger partial charge in [-0.2, -0.15) is 0 Å². The Morgan fingerprint density at radius 2 is 2.07 bits per heavy atom. The molecule has 2 N–H and O–H groups in total. The number of hydrogen-bond donors (Lipinski definition) is 2. The van der Waals surface area contributed by atoms with Crippen LogP contribution in [-0.2, 0) is 0 Å². The second kappa shape index (κ2) is 4.09. The monoisotopic (exact) mass is 382 g/mol. The summed E-state index contributed by atoms with van der Waals surface area (Å²) < 4.78 is 3.55. The molecule has 6 heteroatoms. The van der Waals surface area contributed by atoms with Crippen LogP contribution in [0.5, 0.6) is 0 Å². The fourth-order valence-electron chi connectivity index (χ4n) is 1.24. The zero-order chi connectivity index (χ0) is 10.3. The van der Waals surface area contributed by atoms with Gasteiger partial charge in [0.05, 0.1) is 4.78 Å². The van der Waals surface area contributed by atoms with E-state index in [0.29, 0.717) is 4.78 Å². The number of rotatable bonds is 1. The summed E-state index contributed by atoms with van der Waals surface area (Å²) >= 11 is 7.02. The van der Waals surface area contributed by atoms with Crippen molar-refractivity contribution in [1.29, 1.82) is 0 Å². The molecule has 1 heterocycles. The van der Waals surface area contributed by atoms with Gasteiger partial charge in [-0.1, -0.05) is 12.1 Å². The van der Waals surface area contributed by atoms with Crippen molar-refractivity contribution < 1.29 is 10.0 Å². The van der Waals surface area contributed by atoms with Crippen LogP contribution in [0.1, 0.15) is 0 Å². The SMILES string of the molecule is OB(O)c1sc2c(I)cccc2c1Br. The Kier molecular flexibility index (Phi) is 3.18. The minimum absolute atomic E-state index is 0.559. The molecule has 0 amide bonds. The molecule has 1 aromatic heterocycles. The third-order valence-electron chi connectivity index (χ3n) is 1.87. The van der Waals surface area contributed by atoms with Crippen molar-refractivity contribution in [2.75, 3.05) is 0 Å². The first-order valence-electron chi connectivity index (χ1n) is 3.84. The summed E-state index contributed by atoms with van der Waals surface area (Å²) in [6.45, 7) is 0. The van der Waals surface area contributed by atoms with Gasteiger partial charge >= 0.3 is 7.12 Å². The van der Waals surface area contributed by atoms with Crippen LogP contribution in [0, 0.1) is 3.57 Å². The maximum Gasteiger partial charge on any atom is 0.500 e. The van der Waals surface area contributed by atoms with Crippen molar-refractivity contribution in [1.82, 2.24) is 0 Å². The normalized spacial score (nSPS) is 10.9. The molecule has 0 fully saturated rings. The molecule has 1 aromatic carbocycles. The summed E-state index contributed by atoms with van der Waals surface area (Å²) in [5.74, 6) is 0. The molecular weight excluding hydrogens is 378 g/mol. The minimum Gasteiger partial charge on any atom is -0.423 e. The molecule has 72 valence electrons. The molecule has 2 nitrogen and oxygen atoms in total. The summed E-state index contributed by atoms with van der Waals surface area (Å²) in [7, 11) is -1.41. The lowest BCUT2D eigenvalue weighted by atomic mass is 9.89. The van der Waals surface area contributed by atoms with E-state index in [2.05, 4.69) is 38.5 Å². The van der Waals surface area contributed by atoms with Crippen molar-refractivity contribution in [3.8, 4) is 0 Å². The molecule has 14 heavy (non-hydrogen) atoms. The van der Waals surface area contributed by atoms with E-state index < -0.39 is 7.12 Å². The molecular formula is C8H5BBrIO2S. The van der Waals surface area contributed by atoms with Gasteiger partial charge in [-0.15, -0.1) is 11.3 Å². The highest BCUT2D eigenvalue weighted by Gasteiger charge is 2.20. The predicted octanol–water partition coefficient (Wildman–Crippen LogP) is 1.95. The van der Waals surface area contributed by atoms with Crippen LogP contribution < -0.4 is 4.78 Å². The van der Waals surface area contributed by atoms with Crippen LogP contribution in [0.2, 0.25) is 0 Å². The highest BCUT2D eigenvalue weighted by atomic mass is 127. The van der Waals surface area contributed by atoms with Gasteiger partial charge < -0.3 is 10.0 Å². The van der Waals surface area contributed by atoms with E-state index in [1.54, 1.807) is 0 Å². The molecule has 2 aromatic rings. The lowest BCUT2D eigenvalue weighted by Gasteiger charge is -1.93. The zero-order valence-electron chi connectivity index (χ0n) is 6.87. The van der Waals surface area contributed by atoms with Gasteiger partial charge in [-0.25, -0.2) is 0 Å². The van der Waals surface area contributed by atoms with E-state index in [9.17, 15) is 0 Å². The highest BCUT2D eigenvalue weighted by molar-refractivity contribution is 14.1. The Morgan fingerprint density at radius 3 is 2.64 bits per heavy atom. The summed E-state index contributed by atoms with van der Waals surface area (Å²) in [4.78, 5) is 0. The quantitative estimate of drug-likeness (QED) is 0.584. The molecule has 0 radical (unpaired) electrons. The summed E-state index contributed by atoms with van der Waals surface area (Å²) in [6.07, 6.45) is 0. The topological polar surface area (TPSA) is 40.5 Å². The summed E-state index contributed by atoms with van der Waals surface area (Å²) in [5, 5.41) is 19.3. The van der Waals surface area contributed by atoms with Crippen LogP contribution >= 0.6 is 49.9 Å². The first-order valence-corrected chi connectivity index (χ1v) is 6.52. The predicted molar refractivity (Wildman–Crippen MR) is 72.1 cm³/mol. The Morgan fingerprint density at radius 1 is 1.36 bits per heavy atom. The molecule has 0 bridgehead atoms. The fourth-order valence-corrected chi connectivity index (χ4v) is 3.95. The Bertz CT molecular complexity index is 485. The third kappa shape index (κ3) is 1.74. The molecule has 2 rings (SSSR count). The van der Waals surface area contributed by atoms with Gasteiger partial charge in [0.1, 0.15) is 0 Å². The second-order valence-corrected chi connectivity index (χ2v) is 5.78. The maximum absolute atomic E-state index is 9.13. The van der Waals surface area contributed by atoms with Crippen LogP contribution in [0.15, 0.2) is 22.7 Å². The number of halogens is 2. The third-order valence-corrected chi connectivity index (χ3v) is 5.53. The number of fused-ring (bicyclic) bond motifs is 1. The van der Waals surface area contributed by atoms with E-state index in [1.807, 2.05) is 18.2 Å². The lowest BCUT2D eigenvalue weighted by Crippen LogP contribution is -2.27. The van der Waals surface area contributed by atoms with Gasteiger partial charge in [0.2, 0.25) is 0 Å². The van der Waals surface area contributed by atoms with Crippen LogP contribution in [0.25, 0.3) is 10.1 Å². The number of benzene rings is 1. The number of hydrogen-bond acceptors (Lipinski definition) is 3. The van der Waals surface area contributed by atoms with Crippen molar-refractivity contribution in [3.05, 3.63) is 26.2 Å². The first-order chi connectivity index (χ1) is 6.61.